The van der Waals surface area contributed by atoms with E-state index in [0.717, 1.165) is 24.2 Å². The van der Waals surface area contributed by atoms with Crippen molar-refractivity contribution < 1.29 is 23.8 Å². The highest BCUT2D eigenvalue weighted by molar-refractivity contribution is 6.05. The Kier molecular flexibility index (Phi) is 7.06. The number of ether oxygens (including phenoxy) is 3. The number of fused-ring (bicyclic) bond motifs is 1. The molecule has 1 atom stereocenters. The topological polar surface area (TPSA) is 97.7 Å². The largest absolute Gasteiger partial charge is 0.490 e. The van der Waals surface area contributed by atoms with Gasteiger partial charge in [0.2, 0.25) is 5.90 Å². The van der Waals surface area contributed by atoms with E-state index in [1.54, 1.807) is 37.3 Å². The molecule has 2 aromatic rings. The molecule has 158 valence electrons. The number of anilines is 1. The SMILES string of the molecule is CCOC(=N)c1ccc(C(=O)Nc2ccc3c(c2)CCC(CC(=O)OCC)O3)cc1. The zero-order valence-electron chi connectivity index (χ0n) is 17.2. The Labute approximate surface area is 175 Å². The molecule has 1 heterocycles. The van der Waals surface area contributed by atoms with Gasteiger partial charge in [0.25, 0.3) is 5.91 Å². The summed E-state index contributed by atoms with van der Waals surface area (Å²) in [5.41, 5.74) is 2.79. The molecular weight excluding hydrogens is 384 g/mol. The van der Waals surface area contributed by atoms with Crippen LogP contribution < -0.4 is 10.1 Å². The second-order valence-electron chi connectivity index (χ2n) is 6.90. The standard InChI is InChI=1S/C23H26N2O5/c1-3-28-21(26)14-19-11-9-17-13-18(10-12-20(17)30-19)25-23(27)16-7-5-15(6-8-16)22(24)29-4-2/h5-8,10,12-13,19,24H,3-4,9,11,14H2,1-2H3,(H,25,27). The quantitative estimate of drug-likeness (QED) is 0.409. The van der Waals surface area contributed by atoms with Gasteiger partial charge in [-0.1, -0.05) is 0 Å². The second kappa shape index (κ2) is 9.91. The zero-order chi connectivity index (χ0) is 21.5. The summed E-state index contributed by atoms with van der Waals surface area (Å²) in [4.78, 5) is 24.2. The van der Waals surface area contributed by atoms with E-state index in [-0.39, 0.29) is 30.3 Å². The number of esters is 1. The summed E-state index contributed by atoms with van der Waals surface area (Å²) < 4.78 is 16.1. The number of nitrogens with one attached hydrogen (secondary N) is 2. The maximum Gasteiger partial charge on any atom is 0.309 e. The van der Waals surface area contributed by atoms with Crippen LogP contribution in [0, 0.1) is 5.41 Å². The molecule has 1 amide bonds. The van der Waals surface area contributed by atoms with Gasteiger partial charge in [-0.15, -0.1) is 0 Å². The Morgan fingerprint density at radius 1 is 1.07 bits per heavy atom. The number of carbonyl (C=O) groups is 2. The molecule has 2 aromatic carbocycles. The Balaban J connectivity index is 1.61. The molecule has 0 aliphatic carbocycles. The smallest absolute Gasteiger partial charge is 0.309 e. The van der Waals surface area contributed by atoms with Crippen LogP contribution in [0.3, 0.4) is 0 Å². The molecule has 0 radical (unpaired) electrons. The van der Waals surface area contributed by atoms with Gasteiger partial charge in [0.05, 0.1) is 19.6 Å². The third-order valence-electron chi connectivity index (χ3n) is 4.75. The van der Waals surface area contributed by atoms with E-state index in [1.165, 1.54) is 0 Å². The summed E-state index contributed by atoms with van der Waals surface area (Å²) in [5, 5.41) is 10.7. The van der Waals surface area contributed by atoms with Gasteiger partial charge in [-0.05, 0) is 74.7 Å². The molecule has 3 rings (SSSR count). The number of rotatable bonds is 7. The molecule has 0 saturated heterocycles. The first-order chi connectivity index (χ1) is 14.5. The van der Waals surface area contributed by atoms with Crippen molar-refractivity contribution in [2.24, 2.45) is 0 Å². The molecule has 0 bridgehead atoms. The van der Waals surface area contributed by atoms with Gasteiger partial charge in [-0.3, -0.25) is 15.0 Å². The Hall–Kier alpha value is -3.35. The molecule has 7 nitrogen and oxygen atoms in total. The minimum atomic E-state index is -0.253. The molecule has 1 aliphatic heterocycles. The summed E-state index contributed by atoms with van der Waals surface area (Å²) in [6.07, 6.45) is 1.53. The van der Waals surface area contributed by atoms with Crippen molar-refractivity contribution in [2.45, 2.75) is 39.2 Å². The maximum absolute atomic E-state index is 12.5. The van der Waals surface area contributed by atoms with Crippen LogP contribution in [0.25, 0.3) is 0 Å². The van der Waals surface area contributed by atoms with Crippen molar-refractivity contribution >= 4 is 23.5 Å². The summed E-state index contributed by atoms with van der Waals surface area (Å²) in [6, 6.07) is 12.2. The van der Waals surface area contributed by atoms with E-state index in [0.29, 0.717) is 30.0 Å². The number of hydrogen-bond acceptors (Lipinski definition) is 6. The van der Waals surface area contributed by atoms with Crippen LogP contribution in [-0.4, -0.2) is 37.1 Å². The fourth-order valence-electron chi connectivity index (χ4n) is 3.28. The number of carbonyl (C=O) groups excluding carboxylic acids is 2. The molecule has 0 saturated carbocycles. The lowest BCUT2D eigenvalue weighted by Gasteiger charge is -2.26. The minimum absolute atomic E-state index is 0.0837. The predicted octanol–water partition coefficient (Wildman–Crippen LogP) is 3.95. The third-order valence-corrected chi connectivity index (χ3v) is 4.75. The number of amides is 1. The average Bonchev–Trinajstić information content (AvgIpc) is 2.74. The zero-order valence-corrected chi connectivity index (χ0v) is 17.2. The summed E-state index contributed by atoms with van der Waals surface area (Å²) in [5.74, 6) is 0.325. The molecule has 0 aromatic heterocycles. The van der Waals surface area contributed by atoms with E-state index < -0.39 is 0 Å². The monoisotopic (exact) mass is 410 g/mol. The predicted molar refractivity (Wildman–Crippen MR) is 113 cm³/mol. The summed E-state index contributed by atoms with van der Waals surface area (Å²) >= 11 is 0. The number of benzene rings is 2. The van der Waals surface area contributed by atoms with Gasteiger partial charge < -0.3 is 19.5 Å². The van der Waals surface area contributed by atoms with Crippen molar-refractivity contribution in [1.29, 1.82) is 5.41 Å². The number of hydrogen-bond donors (Lipinski definition) is 2. The molecule has 1 unspecified atom stereocenters. The molecule has 7 heteroatoms. The average molecular weight is 410 g/mol. The van der Waals surface area contributed by atoms with Gasteiger partial charge in [-0.25, -0.2) is 0 Å². The lowest BCUT2D eigenvalue weighted by molar-refractivity contribution is -0.145. The normalized spacial score (nSPS) is 14.8. The fraction of sp³-hybridized carbons (Fsp3) is 0.348. The molecular formula is C23H26N2O5. The molecule has 30 heavy (non-hydrogen) atoms. The van der Waals surface area contributed by atoms with E-state index in [4.69, 9.17) is 19.6 Å². The second-order valence-corrected chi connectivity index (χ2v) is 6.90. The van der Waals surface area contributed by atoms with Gasteiger partial charge >= 0.3 is 5.97 Å². The first-order valence-corrected chi connectivity index (χ1v) is 10.1. The van der Waals surface area contributed by atoms with Gasteiger partial charge in [-0.2, -0.15) is 0 Å². The summed E-state index contributed by atoms with van der Waals surface area (Å²) in [7, 11) is 0. The Morgan fingerprint density at radius 3 is 2.47 bits per heavy atom. The van der Waals surface area contributed by atoms with E-state index >= 15 is 0 Å². The van der Waals surface area contributed by atoms with Crippen molar-refractivity contribution in [1.82, 2.24) is 0 Å². The van der Waals surface area contributed by atoms with Gasteiger partial charge in [0, 0.05) is 16.8 Å². The fourth-order valence-corrected chi connectivity index (χ4v) is 3.28. The minimum Gasteiger partial charge on any atom is -0.490 e. The highest BCUT2D eigenvalue weighted by atomic mass is 16.5. The van der Waals surface area contributed by atoms with Crippen LogP contribution in [-0.2, 0) is 20.7 Å². The Bertz CT molecular complexity index is 924. The maximum atomic E-state index is 12.5. The number of aryl methyl sites for hydroxylation is 1. The lowest BCUT2D eigenvalue weighted by Crippen LogP contribution is -2.26. The summed E-state index contributed by atoms with van der Waals surface area (Å²) in [6.45, 7) is 4.39. The molecule has 2 N–H and O–H groups in total. The van der Waals surface area contributed by atoms with Crippen molar-refractivity contribution in [3.8, 4) is 5.75 Å². The third kappa shape index (κ3) is 5.37. The highest BCUT2D eigenvalue weighted by Gasteiger charge is 2.23. The van der Waals surface area contributed by atoms with Crippen molar-refractivity contribution in [3.63, 3.8) is 0 Å². The molecule has 0 spiro atoms. The van der Waals surface area contributed by atoms with Crippen LogP contribution in [0.15, 0.2) is 42.5 Å². The van der Waals surface area contributed by atoms with Crippen LogP contribution in [0.5, 0.6) is 5.75 Å². The van der Waals surface area contributed by atoms with Crippen LogP contribution in [0.2, 0.25) is 0 Å². The lowest BCUT2D eigenvalue weighted by atomic mass is 10.00. The molecule has 1 aliphatic rings. The first-order valence-electron chi connectivity index (χ1n) is 10.1. The van der Waals surface area contributed by atoms with Crippen LogP contribution >= 0.6 is 0 Å². The molecule has 0 fully saturated rings. The van der Waals surface area contributed by atoms with Gasteiger partial charge in [0.15, 0.2) is 0 Å². The highest BCUT2D eigenvalue weighted by Crippen LogP contribution is 2.31. The van der Waals surface area contributed by atoms with E-state index in [9.17, 15) is 9.59 Å². The van der Waals surface area contributed by atoms with E-state index in [2.05, 4.69) is 5.32 Å². The van der Waals surface area contributed by atoms with E-state index in [1.807, 2.05) is 19.1 Å². The first kappa shape index (κ1) is 21.4. The van der Waals surface area contributed by atoms with Crippen molar-refractivity contribution in [3.05, 3.63) is 59.2 Å². The van der Waals surface area contributed by atoms with Crippen LogP contribution in [0.1, 0.15) is 48.2 Å². The van der Waals surface area contributed by atoms with Gasteiger partial charge in [0.1, 0.15) is 11.9 Å². The van der Waals surface area contributed by atoms with Crippen LogP contribution in [0.4, 0.5) is 5.69 Å². The Morgan fingerprint density at radius 2 is 1.77 bits per heavy atom. The van der Waals surface area contributed by atoms with Crippen molar-refractivity contribution in [2.75, 3.05) is 18.5 Å².